The van der Waals surface area contributed by atoms with Crippen molar-refractivity contribution in [3.8, 4) is 0 Å². The van der Waals surface area contributed by atoms with Gasteiger partial charge in [0.05, 0.1) is 23.7 Å². The van der Waals surface area contributed by atoms with Crippen LogP contribution in [0.15, 0.2) is 10.4 Å². The molecule has 2 N–H and O–H groups in total. The molecule has 0 atom stereocenters. The van der Waals surface area contributed by atoms with Crippen LogP contribution in [0.25, 0.3) is 0 Å². The maximum absolute atomic E-state index is 12.1. The lowest BCUT2D eigenvalue weighted by Gasteiger charge is -2.11. The molecule has 0 aromatic carbocycles. The number of nitrogens with one attached hydrogen (secondary N) is 2. The number of alkyl halides is 3. The number of guanidine groups is 1. The van der Waals surface area contributed by atoms with Crippen LogP contribution in [0, 0.1) is 0 Å². The van der Waals surface area contributed by atoms with Crippen LogP contribution >= 0.6 is 35.3 Å². The Balaban J connectivity index is 0.00000441. The number of nitrogens with zero attached hydrogens (tertiary/aromatic N) is 2. The first-order valence-corrected chi connectivity index (χ1v) is 7.84. The Morgan fingerprint density at radius 3 is 2.59 bits per heavy atom. The standard InChI is InChI=1S/C13H21F3N4S.HI/c1-3-11-20-10(9-21-11)5-7-18-12(17-4-2)19-8-6-13(14,15)16;/h9H,3-8H2,1-2H3,(H2,17,18,19);1H. The Labute approximate surface area is 150 Å². The van der Waals surface area contributed by atoms with E-state index in [1.165, 1.54) is 0 Å². The quantitative estimate of drug-likeness (QED) is 0.381. The molecule has 0 aliphatic rings. The maximum Gasteiger partial charge on any atom is 0.390 e. The zero-order valence-electron chi connectivity index (χ0n) is 12.7. The number of thiazole rings is 1. The lowest BCUT2D eigenvalue weighted by Crippen LogP contribution is -2.38. The highest BCUT2D eigenvalue weighted by atomic mass is 127. The second kappa shape index (κ2) is 11.0. The summed E-state index contributed by atoms with van der Waals surface area (Å²) in [6.07, 6.45) is -3.44. The molecule has 1 aromatic heterocycles. The smallest absolute Gasteiger partial charge is 0.357 e. The summed E-state index contributed by atoms with van der Waals surface area (Å²) < 4.78 is 36.3. The zero-order chi connectivity index (χ0) is 15.7. The number of hydrogen-bond acceptors (Lipinski definition) is 3. The molecule has 0 radical (unpaired) electrons. The topological polar surface area (TPSA) is 49.3 Å². The van der Waals surface area contributed by atoms with Crippen LogP contribution in [0.2, 0.25) is 0 Å². The van der Waals surface area contributed by atoms with Crippen molar-refractivity contribution in [3.63, 3.8) is 0 Å². The van der Waals surface area contributed by atoms with E-state index < -0.39 is 12.6 Å². The van der Waals surface area contributed by atoms with Gasteiger partial charge in [-0.25, -0.2) is 4.98 Å². The molecule has 1 heterocycles. The molecular weight excluding hydrogens is 428 g/mol. The van der Waals surface area contributed by atoms with Crippen molar-refractivity contribution in [1.82, 2.24) is 15.6 Å². The Morgan fingerprint density at radius 2 is 2.05 bits per heavy atom. The van der Waals surface area contributed by atoms with Gasteiger partial charge in [-0.2, -0.15) is 13.2 Å². The molecule has 0 fully saturated rings. The average molecular weight is 450 g/mol. The van der Waals surface area contributed by atoms with E-state index in [1.807, 2.05) is 12.3 Å². The summed E-state index contributed by atoms with van der Waals surface area (Å²) in [5, 5.41) is 9.05. The molecule has 22 heavy (non-hydrogen) atoms. The minimum absolute atomic E-state index is 0. The number of rotatable bonds is 7. The molecule has 0 saturated heterocycles. The van der Waals surface area contributed by atoms with Crippen LogP contribution in [0.1, 0.15) is 31.0 Å². The van der Waals surface area contributed by atoms with Crippen molar-refractivity contribution >= 4 is 41.3 Å². The minimum Gasteiger partial charge on any atom is -0.357 e. The normalized spacial score (nSPS) is 12.0. The summed E-state index contributed by atoms with van der Waals surface area (Å²) in [7, 11) is 0. The van der Waals surface area contributed by atoms with Gasteiger partial charge >= 0.3 is 6.18 Å². The number of aromatic nitrogens is 1. The Kier molecular flexibility index (Phi) is 10.7. The maximum atomic E-state index is 12.1. The Hall–Kier alpha value is -0.580. The number of hydrogen-bond donors (Lipinski definition) is 2. The third-order valence-electron chi connectivity index (χ3n) is 2.58. The first-order valence-electron chi connectivity index (χ1n) is 6.96. The van der Waals surface area contributed by atoms with E-state index in [-0.39, 0.29) is 30.5 Å². The van der Waals surface area contributed by atoms with E-state index in [1.54, 1.807) is 11.3 Å². The molecule has 0 bridgehead atoms. The van der Waals surface area contributed by atoms with Crippen molar-refractivity contribution < 1.29 is 13.2 Å². The van der Waals surface area contributed by atoms with Gasteiger partial charge in [0.2, 0.25) is 0 Å². The largest absolute Gasteiger partial charge is 0.390 e. The molecule has 0 amide bonds. The van der Waals surface area contributed by atoms with Crippen LogP contribution in [-0.2, 0) is 12.8 Å². The Bertz CT molecular complexity index is 449. The van der Waals surface area contributed by atoms with Crippen molar-refractivity contribution in [2.24, 2.45) is 4.99 Å². The first kappa shape index (κ1) is 21.4. The van der Waals surface area contributed by atoms with E-state index in [9.17, 15) is 13.2 Å². The van der Waals surface area contributed by atoms with E-state index in [0.29, 0.717) is 19.0 Å². The molecule has 1 rings (SSSR count). The molecule has 1 aromatic rings. The van der Waals surface area contributed by atoms with Gasteiger partial charge in [-0.3, -0.25) is 4.99 Å². The van der Waals surface area contributed by atoms with Crippen molar-refractivity contribution in [2.75, 3.05) is 19.6 Å². The minimum atomic E-state index is -4.17. The molecule has 128 valence electrons. The van der Waals surface area contributed by atoms with Crippen LogP contribution in [0.5, 0.6) is 0 Å². The van der Waals surface area contributed by atoms with Gasteiger partial charge in [0.1, 0.15) is 0 Å². The monoisotopic (exact) mass is 450 g/mol. The van der Waals surface area contributed by atoms with Crippen LogP contribution < -0.4 is 10.6 Å². The third kappa shape index (κ3) is 9.44. The molecule has 0 aliphatic heterocycles. The van der Waals surface area contributed by atoms with E-state index >= 15 is 0 Å². The van der Waals surface area contributed by atoms with Crippen molar-refractivity contribution in [3.05, 3.63) is 16.1 Å². The van der Waals surface area contributed by atoms with Gasteiger partial charge in [0.25, 0.3) is 0 Å². The summed E-state index contributed by atoms with van der Waals surface area (Å²) in [5.74, 6) is 0.410. The molecule has 0 saturated carbocycles. The SMILES string of the molecule is CCNC(=NCCC(F)(F)F)NCCc1csc(CC)n1.I. The average Bonchev–Trinajstić information content (AvgIpc) is 2.85. The fourth-order valence-electron chi connectivity index (χ4n) is 1.57. The fourth-order valence-corrected chi connectivity index (χ4v) is 2.35. The summed E-state index contributed by atoms with van der Waals surface area (Å²) in [4.78, 5) is 8.34. The van der Waals surface area contributed by atoms with Gasteiger partial charge < -0.3 is 10.6 Å². The van der Waals surface area contributed by atoms with Crippen LogP contribution in [0.3, 0.4) is 0 Å². The predicted molar refractivity (Wildman–Crippen MR) is 95.3 cm³/mol. The Morgan fingerprint density at radius 1 is 1.32 bits per heavy atom. The second-order valence-electron chi connectivity index (χ2n) is 4.39. The van der Waals surface area contributed by atoms with Crippen LogP contribution in [-0.4, -0.2) is 36.8 Å². The highest BCUT2D eigenvalue weighted by Crippen LogP contribution is 2.18. The lowest BCUT2D eigenvalue weighted by atomic mass is 10.3. The molecule has 4 nitrogen and oxygen atoms in total. The number of halogens is 4. The predicted octanol–water partition coefficient (Wildman–Crippen LogP) is 3.37. The van der Waals surface area contributed by atoms with E-state index in [4.69, 9.17) is 0 Å². The molecule has 0 spiro atoms. The number of aryl methyl sites for hydroxylation is 1. The third-order valence-corrected chi connectivity index (χ3v) is 3.63. The molecule has 0 unspecified atom stereocenters. The lowest BCUT2D eigenvalue weighted by molar-refractivity contribution is -0.132. The highest BCUT2D eigenvalue weighted by molar-refractivity contribution is 14.0. The van der Waals surface area contributed by atoms with Crippen molar-refractivity contribution in [1.29, 1.82) is 0 Å². The van der Waals surface area contributed by atoms with Gasteiger partial charge in [-0.1, -0.05) is 6.92 Å². The van der Waals surface area contributed by atoms with Crippen molar-refractivity contribution in [2.45, 2.75) is 39.3 Å². The number of aliphatic imine (C=N–C) groups is 1. The summed E-state index contributed by atoms with van der Waals surface area (Å²) >= 11 is 1.63. The summed E-state index contributed by atoms with van der Waals surface area (Å²) in [6, 6.07) is 0. The van der Waals surface area contributed by atoms with Gasteiger partial charge in [-0.15, -0.1) is 35.3 Å². The van der Waals surface area contributed by atoms with Gasteiger partial charge in [0, 0.05) is 24.9 Å². The summed E-state index contributed by atoms with van der Waals surface area (Å²) in [6.45, 7) is 4.85. The molecule has 0 aliphatic carbocycles. The molecular formula is C13H22F3IN4S. The highest BCUT2D eigenvalue weighted by Gasteiger charge is 2.26. The fraction of sp³-hybridized carbons (Fsp3) is 0.692. The van der Waals surface area contributed by atoms with E-state index in [2.05, 4.69) is 27.5 Å². The zero-order valence-corrected chi connectivity index (χ0v) is 15.8. The first-order chi connectivity index (χ1) is 9.94. The summed E-state index contributed by atoms with van der Waals surface area (Å²) in [5.41, 5.74) is 0.996. The van der Waals surface area contributed by atoms with Gasteiger partial charge in [-0.05, 0) is 13.3 Å². The molecule has 9 heteroatoms. The van der Waals surface area contributed by atoms with Gasteiger partial charge in [0.15, 0.2) is 5.96 Å². The van der Waals surface area contributed by atoms with Crippen LogP contribution in [0.4, 0.5) is 13.2 Å². The van der Waals surface area contributed by atoms with E-state index in [0.717, 1.165) is 23.5 Å². The second-order valence-corrected chi connectivity index (χ2v) is 5.33.